The zero-order chi connectivity index (χ0) is 36.3. The van der Waals surface area contributed by atoms with Crippen molar-refractivity contribution in [1.82, 2.24) is 19.9 Å². The van der Waals surface area contributed by atoms with Crippen LogP contribution in [-0.2, 0) is 9.59 Å². The lowest BCUT2D eigenvalue weighted by Crippen LogP contribution is -2.16. The van der Waals surface area contributed by atoms with E-state index in [2.05, 4.69) is 30.6 Å². The van der Waals surface area contributed by atoms with Crippen LogP contribution in [0.1, 0.15) is 18.0 Å². The topological polar surface area (TPSA) is 180 Å². The van der Waals surface area contributed by atoms with Gasteiger partial charge in [0, 0.05) is 76.2 Å². The van der Waals surface area contributed by atoms with Crippen LogP contribution in [0.5, 0.6) is 11.5 Å². The van der Waals surface area contributed by atoms with E-state index in [0.29, 0.717) is 55.9 Å². The van der Waals surface area contributed by atoms with Gasteiger partial charge in [-0.15, -0.1) is 0 Å². The number of amides is 2. The van der Waals surface area contributed by atoms with E-state index in [1.165, 1.54) is 7.11 Å². The standard InChI is InChI=1S/C38H32F2N8O4/c1-51-30-3-4-43-13-24(30)17-5-19-10-33(46-15-23(19)27(41)7-17)48-38(50)35-34(36(35)40)29-12-31(52-2)25(16-44-29)18-6-20-9-32(45-14-22(20)28(42)8-18)47-37(49)21-11-26(21)39/h3-10,12-16,21,26,34-36H,11,41-42H2,1-2H3,(H,45,47,49)(H,46,48,50)/t21-,26+,34?,35+,36+/m1/s1. The minimum absolute atomic E-state index is 0.206. The average Bonchev–Trinajstić information content (AvgIpc) is 4.06. The number of halogens is 2. The molecular formula is C38H32F2N8O4. The van der Waals surface area contributed by atoms with Gasteiger partial charge in [0.05, 0.1) is 31.7 Å². The van der Waals surface area contributed by atoms with Crippen molar-refractivity contribution in [3.8, 4) is 33.8 Å². The number of fused-ring (bicyclic) bond motifs is 2. The Balaban J connectivity index is 1.01. The molecule has 0 spiro atoms. The van der Waals surface area contributed by atoms with Crippen LogP contribution in [0.2, 0.25) is 0 Å². The van der Waals surface area contributed by atoms with E-state index in [0.717, 1.165) is 16.5 Å². The molecule has 2 amide bonds. The van der Waals surface area contributed by atoms with E-state index in [1.807, 2.05) is 12.1 Å². The van der Waals surface area contributed by atoms with E-state index in [9.17, 15) is 14.0 Å². The fourth-order valence-corrected chi connectivity index (χ4v) is 6.61. The first-order chi connectivity index (χ1) is 25.1. The van der Waals surface area contributed by atoms with Crippen LogP contribution in [0.3, 0.4) is 0 Å². The number of ether oxygens (including phenoxy) is 2. The molecule has 6 aromatic rings. The van der Waals surface area contributed by atoms with Crippen LogP contribution in [0, 0.1) is 11.8 Å². The summed E-state index contributed by atoms with van der Waals surface area (Å²) in [6.07, 6.45) is 5.59. The number of nitrogens with zero attached hydrogens (tertiary/aromatic N) is 4. The number of nitrogen functional groups attached to an aromatic ring is 2. The van der Waals surface area contributed by atoms with Crippen molar-refractivity contribution in [2.45, 2.75) is 24.7 Å². The van der Waals surface area contributed by atoms with Gasteiger partial charge in [-0.05, 0) is 70.8 Å². The molecule has 12 nitrogen and oxygen atoms in total. The van der Waals surface area contributed by atoms with Crippen molar-refractivity contribution in [3.05, 3.63) is 85.2 Å². The highest BCUT2D eigenvalue weighted by molar-refractivity contribution is 6.02. The van der Waals surface area contributed by atoms with Crippen molar-refractivity contribution in [2.24, 2.45) is 11.8 Å². The molecule has 8 rings (SSSR count). The summed E-state index contributed by atoms with van der Waals surface area (Å²) in [5.41, 5.74) is 16.8. The second-order valence-corrected chi connectivity index (χ2v) is 12.9. The summed E-state index contributed by atoms with van der Waals surface area (Å²) in [6.45, 7) is 0. The minimum atomic E-state index is -1.47. The molecule has 2 saturated carbocycles. The third-order valence-electron chi connectivity index (χ3n) is 9.60. The summed E-state index contributed by atoms with van der Waals surface area (Å²) in [4.78, 5) is 42.9. The molecule has 5 atom stereocenters. The van der Waals surface area contributed by atoms with Crippen LogP contribution in [0.25, 0.3) is 43.8 Å². The number of benzene rings is 2. The summed E-state index contributed by atoms with van der Waals surface area (Å²) in [6, 6.07) is 14.0. The number of alkyl halides is 2. The van der Waals surface area contributed by atoms with Crippen LogP contribution in [0.4, 0.5) is 31.8 Å². The number of aromatic nitrogens is 4. The third-order valence-corrected chi connectivity index (χ3v) is 9.60. The molecule has 0 aliphatic heterocycles. The molecule has 0 radical (unpaired) electrons. The number of methoxy groups -OCH3 is 2. The molecule has 4 aromatic heterocycles. The molecule has 0 saturated heterocycles. The predicted octanol–water partition coefficient (Wildman–Crippen LogP) is 6.08. The van der Waals surface area contributed by atoms with Gasteiger partial charge in [0.15, 0.2) is 0 Å². The van der Waals surface area contributed by atoms with E-state index >= 15 is 4.39 Å². The van der Waals surface area contributed by atoms with Gasteiger partial charge in [-0.3, -0.25) is 19.6 Å². The predicted molar refractivity (Wildman–Crippen MR) is 193 cm³/mol. The quantitative estimate of drug-likeness (QED) is 0.129. The number of pyridine rings is 4. The monoisotopic (exact) mass is 702 g/mol. The Morgan fingerprint density at radius 2 is 1.33 bits per heavy atom. The van der Waals surface area contributed by atoms with Gasteiger partial charge in [-0.1, -0.05) is 0 Å². The number of anilines is 4. The number of hydrogen-bond acceptors (Lipinski definition) is 10. The summed E-state index contributed by atoms with van der Waals surface area (Å²) >= 11 is 0. The Morgan fingerprint density at radius 1 is 0.750 bits per heavy atom. The Bertz CT molecular complexity index is 2430. The van der Waals surface area contributed by atoms with Gasteiger partial charge < -0.3 is 31.6 Å². The normalized spacial score (nSPS) is 20.3. The molecule has 6 N–H and O–H groups in total. The van der Waals surface area contributed by atoms with Gasteiger partial charge in [0.2, 0.25) is 11.8 Å². The summed E-state index contributed by atoms with van der Waals surface area (Å²) in [5.74, 6) is -1.83. The van der Waals surface area contributed by atoms with Crippen LogP contribution < -0.4 is 31.6 Å². The van der Waals surface area contributed by atoms with Gasteiger partial charge in [-0.2, -0.15) is 0 Å². The lowest BCUT2D eigenvalue weighted by molar-refractivity contribution is -0.118. The Hall–Kier alpha value is -6.44. The number of rotatable bonds is 9. The zero-order valence-electron chi connectivity index (χ0n) is 27.9. The molecule has 0 bridgehead atoms. The number of nitrogens with one attached hydrogen (secondary N) is 2. The molecule has 14 heteroatoms. The molecule has 52 heavy (non-hydrogen) atoms. The highest BCUT2D eigenvalue weighted by Gasteiger charge is 2.58. The number of nitrogens with two attached hydrogens (primary N) is 2. The molecular weight excluding hydrogens is 670 g/mol. The highest BCUT2D eigenvalue weighted by atomic mass is 19.1. The lowest BCUT2D eigenvalue weighted by Gasteiger charge is -2.13. The number of carbonyl (C=O) groups excluding carboxylic acids is 2. The molecule has 1 unspecified atom stereocenters. The van der Waals surface area contributed by atoms with Crippen molar-refractivity contribution >= 4 is 56.4 Å². The zero-order valence-corrected chi connectivity index (χ0v) is 27.9. The fourth-order valence-electron chi connectivity index (χ4n) is 6.61. The first-order valence-corrected chi connectivity index (χ1v) is 16.4. The maximum Gasteiger partial charge on any atom is 0.232 e. The molecule has 262 valence electrons. The van der Waals surface area contributed by atoms with Gasteiger partial charge in [0.25, 0.3) is 0 Å². The second kappa shape index (κ2) is 12.7. The average molecular weight is 703 g/mol. The molecule has 2 fully saturated rings. The molecule has 4 heterocycles. The maximum atomic E-state index is 15.3. The van der Waals surface area contributed by atoms with E-state index in [-0.39, 0.29) is 18.1 Å². The van der Waals surface area contributed by atoms with Gasteiger partial charge in [0.1, 0.15) is 35.5 Å². The van der Waals surface area contributed by atoms with E-state index in [1.54, 1.807) is 74.5 Å². The number of carbonyl (C=O) groups is 2. The van der Waals surface area contributed by atoms with Crippen LogP contribution >= 0.6 is 0 Å². The maximum absolute atomic E-state index is 15.3. The summed E-state index contributed by atoms with van der Waals surface area (Å²) < 4.78 is 39.8. The van der Waals surface area contributed by atoms with E-state index < -0.39 is 41.9 Å². The lowest BCUT2D eigenvalue weighted by atomic mass is 10.0. The fraction of sp³-hybridized carbons (Fsp3) is 0.211. The third kappa shape index (κ3) is 5.91. The highest BCUT2D eigenvalue weighted by Crippen LogP contribution is 2.51. The summed E-state index contributed by atoms with van der Waals surface area (Å²) in [7, 11) is 3.06. The molecule has 2 aromatic carbocycles. The minimum Gasteiger partial charge on any atom is -0.496 e. The van der Waals surface area contributed by atoms with Crippen molar-refractivity contribution in [1.29, 1.82) is 0 Å². The van der Waals surface area contributed by atoms with Crippen LogP contribution in [-0.4, -0.2) is 58.3 Å². The number of hydrogen-bond donors (Lipinski definition) is 4. The summed E-state index contributed by atoms with van der Waals surface area (Å²) in [5, 5.41) is 8.16. The smallest absolute Gasteiger partial charge is 0.232 e. The van der Waals surface area contributed by atoms with Crippen LogP contribution in [0.15, 0.2) is 79.5 Å². The van der Waals surface area contributed by atoms with Crippen molar-refractivity contribution < 1.29 is 27.8 Å². The largest absolute Gasteiger partial charge is 0.496 e. The van der Waals surface area contributed by atoms with E-state index in [4.69, 9.17) is 20.9 Å². The molecule has 2 aliphatic rings. The molecule has 2 aliphatic carbocycles. The first-order valence-electron chi connectivity index (χ1n) is 16.4. The first kappa shape index (κ1) is 32.7. The second-order valence-electron chi connectivity index (χ2n) is 12.9. The van der Waals surface area contributed by atoms with Crippen molar-refractivity contribution in [3.63, 3.8) is 0 Å². The van der Waals surface area contributed by atoms with Crippen molar-refractivity contribution in [2.75, 3.05) is 36.3 Å². The SMILES string of the molecule is COc1ccncc1-c1cc(N)c2cnc(NC(=O)[C@H]3C(c4cc(OC)c(-c5cc(N)c6cnc(NC(=O)[C@@H]7C[C@@H]7F)cc6c5)cn4)[C@@H]3F)cc2c1. The Kier molecular flexibility index (Phi) is 8.00. The Labute approximate surface area is 295 Å². The van der Waals surface area contributed by atoms with Gasteiger partial charge in [-0.25, -0.2) is 18.7 Å². The Morgan fingerprint density at radius 3 is 1.90 bits per heavy atom. The van der Waals surface area contributed by atoms with Gasteiger partial charge >= 0.3 is 0 Å².